The Bertz CT molecular complexity index is 676. The molecule has 1 saturated heterocycles. The fourth-order valence-electron chi connectivity index (χ4n) is 3.31. The zero-order chi connectivity index (χ0) is 19.6. The molecule has 1 aliphatic rings. The third-order valence-electron chi connectivity index (χ3n) is 4.56. The van der Waals surface area contributed by atoms with Gasteiger partial charge in [-0.25, -0.2) is 0 Å². The molecule has 27 heavy (non-hydrogen) atoms. The first-order valence-corrected chi connectivity index (χ1v) is 9.60. The number of methoxy groups -OCH3 is 1. The number of likely N-dealkylation sites (tertiary alicyclic amines) is 1. The summed E-state index contributed by atoms with van der Waals surface area (Å²) in [5.74, 6) is 6.52. The van der Waals surface area contributed by atoms with Crippen molar-refractivity contribution in [1.29, 1.82) is 0 Å². The first kappa shape index (κ1) is 21.0. The number of piperidine rings is 1. The van der Waals surface area contributed by atoms with Gasteiger partial charge >= 0.3 is 0 Å². The Morgan fingerprint density at radius 1 is 1.30 bits per heavy atom. The molecule has 2 amide bonds. The third-order valence-corrected chi connectivity index (χ3v) is 4.56. The molecule has 0 radical (unpaired) electrons. The second kappa shape index (κ2) is 10.7. The molecule has 0 spiro atoms. The van der Waals surface area contributed by atoms with E-state index in [9.17, 15) is 9.59 Å². The van der Waals surface area contributed by atoms with Crippen molar-refractivity contribution in [2.45, 2.75) is 26.7 Å². The second-order valence-electron chi connectivity index (χ2n) is 7.39. The van der Waals surface area contributed by atoms with Crippen LogP contribution in [0, 0.1) is 23.7 Å². The van der Waals surface area contributed by atoms with E-state index in [-0.39, 0.29) is 24.3 Å². The lowest BCUT2D eigenvalue weighted by molar-refractivity contribution is -0.142. The van der Waals surface area contributed by atoms with Gasteiger partial charge in [0.2, 0.25) is 11.8 Å². The van der Waals surface area contributed by atoms with Gasteiger partial charge < -0.3 is 14.5 Å². The fraction of sp³-hybridized carbons (Fsp3) is 0.545. The van der Waals surface area contributed by atoms with Gasteiger partial charge in [0, 0.05) is 32.3 Å². The molecular formula is C22H30N2O3. The summed E-state index contributed by atoms with van der Waals surface area (Å²) >= 11 is 0. The summed E-state index contributed by atoms with van der Waals surface area (Å²) in [5.41, 5.74) is 0.948. The molecule has 0 unspecified atom stereocenters. The number of benzene rings is 1. The van der Waals surface area contributed by atoms with Crippen LogP contribution < -0.4 is 0 Å². The molecule has 2 rings (SSSR count). The van der Waals surface area contributed by atoms with Crippen molar-refractivity contribution in [2.75, 3.05) is 39.9 Å². The number of ether oxygens (including phenoxy) is 1. The summed E-state index contributed by atoms with van der Waals surface area (Å²) in [7, 11) is 1.51. The van der Waals surface area contributed by atoms with Gasteiger partial charge in [-0.1, -0.05) is 43.9 Å². The van der Waals surface area contributed by atoms with Gasteiger partial charge in [-0.2, -0.15) is 0 Å². The number of carbonyl (C=O) groups is 2. The lowest BCUT2D eigenvalue weighted by atomic mass is 9.96. The number of nitrogens with zero attached hydrogens (tertiary/aromatic N) is 2. The maximum atomic E-state index is 13.1. The first-order chi connectivity index (χ1) is 13.0. The lowest BCUT2D eigenvalue weighted by Crippen LogP contribution is -2.48. The van der Waals surface area contributed by atoms with Crippen LogP contribution in [0.1, 0.15) is 32.3 Å². The van der Waals surface area contributed by atoms with Gasteiger partial charge in [0.05, 0.1) is 12.5 Å². The number of hydrogen-bond acceptors (Lipinski definition) is 3. The zero-order valence-electron chi connectivity index (χ0n) is 16.6. The fourth-order valence-corrected chi connectivity index (χ4v) is 3.31. The highest BCUT2D eigenvalue weighted by molar-refractivity contribution is 5.82. The van der Waals surface area contributed by atoms with Crippen LogP contribution in [0.3, 0.4) is 0 Å². The average Bonchev–Trinajstić information content (AvgIpc) is 2.67. The third kappa shape index (κ3) is 6.73. The highest BCUT2D eigenvalue weighted by atomic mass is 16.5. The van der Waals surface area contributed by atoms with Crippen molar-refractivity contribution in [3.8, 4) is 11.8 Å². The molecule has 0 bridgehead atoms. The minimum absolute atomic E-state index is 0.0470. The van der Waals surface area contributed by atoms with E-state index in [0.29, 0.717) is 32.1 Å². The van der Waals surface area contributed by atoms with Crippen LogP contribution in [0.15, 0.2) is 30.3 Å². The summed E-state index contributed by atoms with van der Waals surface area (Å²) in [6.07, 6.45) is 1.66. The molecule has 0 aromatic heterocycles. The van der Waals surface area contributed by atoms with Crippen LogP contribution in [-0.2, 0) is 14.3 Å². The Balaban J connectivity index is 2.03. The van der Waals surface area contributed by atoms with Crippen molar-refractivity contribution in [2.24, 2.45) is 11.8 Å². The topological polar surface area (TPSA) is 49.9 Å². The molecule has 1 heterocycles. The van der Waals surface area contributed by atoms with Gasteiger partial charge in [-0.15, -0.1) is 0 Å². The second-order valence-corrected chi connectivity index (χ2v) is 7.39. The molecule has 0 saturated carbocycles. The van der Waals surface area contributed by atoms with Crippen LogP contribution in [0.25, 0.3) is 0 Å². The predicted octanol–water partition coefficient (Wildman–Crippen LogP) is 2.41. The van der Waals surface area contributed by atoms with Crippen LogP contribution >= 0.6 is 0 Å². The Hall–Kier alpha value is -2.32. The van der Waals surface area contributed by atoms with Gasteiger partial charge in [-0.05, 0) is 30.9 Å². The van der Waals surface area contributed by atoms with Gasteiger partial charge in [0.15, 0.2) is 0 Å². The van der Waals surface area contributed by atoms with Crippen molar-refractivity contribution in [3.63, 3.8) is 0 Å². The minimum atomic E-state index is -0.156. The van der Waals surface area contributed by atoms with Crippen molar-refractivity contribution in [1.82, 2.24) is 9.80 Å². The lowest BCUT2D eigenvalue weighted by Gasteiger charge is -2.35. The molecule has 1 aliphatic heterocycles. The van der Waals surface area contributed by atoms with Crippen molar-refractivity contribution in [3.05, 3.63) is 35.9 Å². The smallest absolute Gasteiger partial charge is 0.248 e. The number of hydrogen-bond donors (Lipinski definition) is 0. The first-order valence-electron chi connectivity index (χ1n) is 9.60. The molecule has 5 nitrogen and oxygen atoms in total. The summed E-state index contributed by atoms with van der Waals surface area (Å²) in [6.45, 7) is 6.52. The van der Waals surface area contributed by atoms with E-state index in [1.165, 1.54) is 7.11 Å². The molecule has 5 heteroatoms. The van der Waals surface area contributed by atoms with E-state index < -0.39 is 0 Å². The summed E-state index contributed by atoms with van der Waals surface area (Å²) in [4.78, 5) is 28.8. The molecule has 1 aromatic carbocycles. The van der Waals surface area contributed by atoms with E-state index in [2.05, 4.69) is 25.7 Å². The van der Waals surface area contributed by atoms with E-state index >= 15 is 0 Å². The zero-order valence-corrected chi connectivity index (χ0v) is 16.6. The quantitative estimate of drug-likeness (QED) is 0.723. The van der Waals surface area contributed by atoms with Gasteiger partial charge in [0.25, 0.3) is 0 Å². The largest absolute Gasteiger partial charge is 0.375 e. The Kier molecular flexibility index (Phi) is 8.35. The molecule has 1 aromatic rings. The SMILES string of the molecule is COCC(=O)N1CCC[C@H](C(=O)N(CC#Cc2ccccc2)CC(C)C)C1. The number of rotatable bonds is 6. The number of amides is 2. The van der Waals surface area contributed by atoms with Crippen LogP contribution in [-0.4, -0.2) is 61.5 Å². The highest BCUT2D eigenvalue weighted by Gasteiger charge is 2.31. The minimum Gasteiger partial charge on any atom is -0.375 e. The molecule has 0 N–H and O–H groups in total. The summed E-state index contributed by atoms with van der Waals surface area (Å²) < 4.78 is 4.94. The summed E-state index contributed by atoms with van der Waals surface area (Å²) in [5, 5.41) is 0. The van der Waals surface area contributed by atoms with E-state index in [1.807, 2.05) is 35.2 Å². The van der Waals surface area contributed by atoms with Crippen LogP contribution in [0.4, 0.5) is 0 Å². The maximum Gasteiger partial charge on any atom is 0.248 e. The Morgan fingerprint density at radius 2 is 2.04 bits per heavy atom. The van der Waals surface area contributed by atoms with Crippen LogP contribution in [0.5, 0.6) is 0 Å². The monoisotopic (exact) mass is 370 g/mol. The standard InChI is InChI=1S/C22H30N2O3/c1-18(2)15-24(14-7-11-19-9-5-4-6-10-19)22(26)20-12-8-13-23(16-20)21(25)17-27-3/h4-6,9-10,18,20H,8,12-17H2,1-3H3/t20-/m0/s1. The molecule has 0 aliphatic carbocycles. The Morgan fingerprint density at radius 3 is 2.70 bits per heavy atom. The van der Waals surface area contributed by atoms with Crippen LogP contribution in [0.2, 0.25) is 0 Å². The maximum absolute atomic E-state index is 13.1. The summed E-state index contributed by atoms with van der Waals surface area (Å²) in [6, 6.07) is 9.78. The van der Waals surface area contributed by atoms with Crippen molar-refractivity contribution >= 4 is 11.8 Å². The van der Waals surface area contributed by atoms with E-state index in [1.54, 1.807) is 4.90 Å². The number of carbonyl (C=O) groups excluding carboxylic acids is 2. The average molecular weight is 370 g/mol. The van der Waals surface area contributed by atoms with Gasteiger partial charge in [-0.3, -0.25) is 9.59 Å². The highest BCUT2D eigenvalue weighted by Crippen LogP contribution is 2.19. The Labute approximate surface area is 162 Å². The molecular weight excluding hydrogens is 340 g/mol. The molecule has 1 atom stereocenters. The van der Waals surface area contributed by atoms with E-state index in [4.69, 9.17) is 4.74 Å². The molecule has 1 fully saturated rings. The van der Waals surface area contributed by atoms with E-state index in [0.717, 1.165) is 18.4 Å². The predicted molar refractivity (Wildman–Crippen MR) is 106 cm³/mol. The van der Waals surface area contributed by atoms with Gasteiger partial charge in [0.1, 0.15) is 6.61 Å². The molecule has 146 valence electrons. The van der Waals surface area contributed by atoms with Crippen molar-refractivity contribution < 1.29 is 14.3 Å². The normalized spacial score (nSPS) is 16.6.